The third kappa shape index (κ3) is 6.63. The van der Waals surface area contributed by atoms with E-state index >= 15 is 0 Å². The molecule has 0 aromatic heterocycles. The Balaban J connectivity index is 1.72. The van der Waals surface area contributed by atoms with Crippen molar-refractivity contribution in [1.29, 1.82) is 0 Å². The number of nitro benzene ring substituents is 1. The Bertz CT molecular complexity index is 807. The van der Waals surface area contributed by atoms with Crippen molar-refractivity contribution in [1.82, 2.24) is 0 Å². The summed E-state index contributed by atoms with van der Waals surface area (Å²) in [6.45, 7) is -0.380. The highest BCUT2D eigenvalue weighted by atomic mass is 32.2. The second-order valence-electron chi connectivity index (χ2n) is 5.69. The van der Waals surface area contributed by atoms with E-state index in [1.807, 2.05) is 31.1 Å². The van der Waals surface area contributed by atoms with E-state index in [9.17, 15) is 19.7 Å². The first-order valence-corrected chi connectivity index (χ1v) is 8.94. The molecular weight excluding hydrogens is 370 g/mol. The molecule has 2 aromatic carbocycles. The number of thioether (sulfide) groups is 1. The van der Waals surface area contributed by atoms with Crippen molar-refractivity contribution in [2.75, 3.05) is 36.7 Å². The zero-order valence-electron chi connectivity index (χ0n) is 14.9. The predicted octanol–water partition coefficient (Wildman–Crippen LogP) is 2.93. The van der Waals surface area contributed by atoms with Crippen molar-refractivity contribution in [2.24, 2.45) is 0 Å². The number of esters is 1. The summed E-state index contributed by atoms with van der Waals surface area (Å²) in [6.07, 6.45) is 0. The maximum absolute atomic E-state index is 11.8. The number of carbonyl (C=O) groups excluding carboxylic acids is 2. The van der Waals surface area contributed by atoms with Crippen LogP contribution in [0.15, 0.2) is 53.4 Å². The van der Waals surface area contributed by atoms with Gasteiger partial charge in [0.05, 0.1) is 10.7 Å². The molecule has 0 saturated heterocycles. The lowest BCUT2D eigenvalue weighted by Gasteiger charge is -2.13. The average molecular weight is 389 g/mol. The first kappa shape index (κ1) is 20.2. The van der Waals surface area contributed by atoms with Crippen LogP contribution in [-0.4, -0.2) is 43.3 Å². The summed E-state index contributed by atoms with van der Waals surface area (Å²) in [6, 6.07) is 13.1. The molecule has 0 spiro atoms. The molecule has 0 bridgehead atoms. The number of anilines is 2. The minimum atomic E-state index is -0.545. The number of nitro groups is 1. The van der Waals surface area contributed by atoms with Gasteiger partial charge in [-0.3, -0.25) is 19.7 Å². The molecule has 0 unspecified atom stereocenters. The van der Waals surface area contributed by atoms with Gasteiger partial charge in [-0.1, -0.05) is 0 Å². The van der Waals surface area contributed by atoms with Gasteiger partial charge in [0, 0.05) is 42.5 Å². The highest BCUT2D eigenvalue weighted by molar-refractivity contribution is 8.00. The summed E-state index contributed by atoms with van der Waals surface area (Å²) < 4.78 is 4.93. The van der Waals surface area contributed by atoms with Gasteiger partial charge in [-0.2, -0.15) is 0 Å². The smallest absolute Gasteiger partial charge is 0.316 e. The fourth-order valence-corrected chi connectivity index (χ4v) is 2.73. The number of rotatable bonds is 8. The van der Waals surface area contributed by atoms with E-state index in [1.54, 1.807) is 24.3 Å². The van der Waals surface area contributed by atoms with Crippen LogP contribution in [0.2, 0.25) is 0 Å². The second kappa shape index (κ2) is 9.58. The number of carbonyl (C=O) groups is 2. The third-order valence-corrected chi connectivity index (χ3v) is 4.42. The molecule has 0 fully saturated rings. The molecule has 0 radical (unpaired) electrons. The van der Waals surface area contributed by atoms with Gasteiger partial charge in [0.15, 0.2) is 6.61 Å². The Hall–Kier alpha value is -3.07. The summed E-state index contributed by atoms with van der Waals surface area (Å²) in [4.78, 5) is 36.3. The highest BCUT2D eigenvalue weighted by Gasteiger charge is 2.10. The van der Waals surface area contributed by atoms with E-state index in [2.05, 4.69) is 5.32 Å². The van der Waals surface area contributed by atoms with Crippen LogP contribution in [0, 0.1) is 10.1 Å². The van der Waals surface area contributed by atoms with Crippen molar-refractivity contribution in [3.63, 3.8) is 0 Å². The standard InChI is InChI=1S/C18H19N3O5S/c1-20(2)14-5-3-13(4-6-14)19-17(22)11-26-18(23)12-27-16-9-7-15(8-10-16)21(24)25/h3-10H,11-12H2,1-2H3,(H,19,22). The lowest BCUT2D eigenvalue weighted by Crippen LogP contribution is -2.21. The van der Waals surface area contributed by atoms with Crippen LogP contribution in [0.25, 0.3) is 0 Å². The number of nitrogens with zero attached hydrogens (tertiary/aromatic N) is 2. The summed E-state index contributed by atoms with van der Waals surface area (Å²) in [5.41, 5.74) is 1.60. The van der Waals surface area contributed by atoms with E-state index < -0.39 is 16.8 Å². The van der Waals surface area contributed by atoms with E-state index in [4.69, 9.17) is 4.74 Å². The Morgan fingerprint density at radius 2 is 1.74 bits per heavy atom. The van der Waals surface area contributed by atoms with Crippen LogP contribution in [0.4, 0.5) is 17.1 Å². The maximum atomic E-state index is 11.8. The Morgan fingerprint density at radius 1 is 1.11 bits per heavy atom. The number of amides is 1. The molecule has 0 aliphatic heterocycles. The van der Waals surface area contributed by atoms with Gasteiger partial charge in [0.25, 0.3) is 11.6 Å². The van der Waals surface area contributed by atoms with Gasteiger partial charge in [-0.05, 0) is 36.4 Å². The lowest BCUT2D eigenvalue weighted by atomic mass is 10.2. The molecule has 2 aromatic rings. The molecule has 1 N–H and O–H groups in total. The van der Waals surface area contributed by atoms with Crippen molar-refractivity contribution in [2.45, 2.75) is 4.90 Å². The number of nitrogens with one attached hydrogen (secondary N) is 1. The van der Waals surface area contributed by atoms with Crippen LogP contribution < -0.4 is 10.2 Å². The fourth-order valence-electron chi connectivity index (χ4n) is 2.03. The van der Waals surface area contributed by atoms with Gasteiger partial charge in [-0.15, -0.1) is 11.8 Å². The van der Waals surface area contributed by atoms with Crippen molar-refractivity contribution in [3.8, 4) is 0 Å². The Morgan fingerprint density at radius 3 is 2.30 bits per heavy atom. The Kier molecular flexibility index (Phi) is 7.18. The van der Waals surface area contributed by atoms with Crippen LogP contribution in [0.3, 0.4) is 0 Å². The monoisotopic (exact) mass is 389 g/mol. The van der Waals surface area contributed by atoms with Crippen molar-refractivity contribution < 1.29 is 19.2 Å². The molecule has 0 aliphatic carbocycles. The molecule has 27 heavy (non-hydrogen) atoms. The molecule has 9 heteroatoms. The summed E-state index contributed by atoms with van der Waals surface area (Å²) in [5.74, 6) is -0.972. The van der Waals surface area contributed by atoms with Crippen LogP contribution in [0.1, 0.15) is 0 Å². The zero-order chi connectivity index (χ0) is 19.8. The first-order chi connectivity index (χ1) is 12.8. The lowest BCUT2D eigenvalue weighted by molar-refractivity contribution is -0.384. The predicted molar refractivity (Wildman–Crippen MR) is 104 cm³/mol. The van der Waals surface area contributed by atoms with E-state index in [1.165, 1.54) is 23.9 Å². The molecule has 1 amide bonds. The van der Waals surface area contributed by atoms with E-state index in [0.29, 0.717) is 10.6 Å². The minimum Gasteiger partial charge on any atom is -0.455 e. The van der Waals surface area contributed by atoms with Gasteiger partial charge in [0.1, 0.15) is 0 Å². The fraction of sp³-hybridized carbons (Fsp3) is 0.222. The molecule has 0 heterocycles. The number of hydrogen-bond donors (Lipinski definition) is 1. The summed E-state index contributed by atoms with van der Waals surface area (Å²) in [7, 11) is 3.84. The zero-order valence-corrected chi connectivity index (χ0v) is 15.7. The summed E-state index contributed by atoms with van der Waals surface area (Å²) >= 11 is 1.18. The number of benzene rings is 2. The van der Waals surface area contributed by atoms with Crippen molar-refractivity contribution >= 4 is 40.7 Å². The average Bonchev–Trinajstić information content (AvgIpc) is 2.65. The number of ether oxygens (including phenoxy) is 1. The number of hydrogen-bond acceptors (Lipinski definition) is 7. The molecule has 0 atom stereocenters. The minimum absolute atomic E-state index is 0.00260. The maximum Gasteiger partial charge on any atom is 0.316 e. The molecular formula is C18H19N3O5S. The van der Waals surface area contributed by atoms with E-state index in [0.717, 1.165) is 5.69 Å². The van der Waals surface area contributed by atoms with E-state index in [-0.39, 0.29) is 18.0 Å². The SMILES string of the molecule is CN(C)c1ccc(NC(=O)COC(=O)CSc2ccc([N+](=O)[O-])cc2)cc1. The molecule has 8 nitrogen and oxygen atoms in total. The molecule has 142 valence electrons. The molecule has 0 aliphatic rings. The quantitative estimate of drug-likeness (QED) is 0.320. The Labute approximate surface area is 160 Å². The highest BCUT2D eigenvalue weighted by Crippen LogP contribution is 2.21. The largest absolute Gasteiger partial charge is 0.455 e. The van der Waals surface area contributed by atoms with Gasteiger partial charge < -0.3 is 15.0 Å². The molecule has 0 saturated carbocycles. The van der Waals surface area contributed by atoms with Gasteiger partial charge in [0.2, 0.25) is 0 Å². The molecule has 2 rings (SSSR count). The summed E-state index contributed by atoms with van der Waals surface area (Å²) in [5, 5.41) is 13.2. The normalized spacial score (nSPS) is 10.1. The van der Waals surface area contributed by atoms with Gasteiger partial charge >= 0.3 is 5.97 Å². The van der Waals surface area contributed by atoms with Crippen LogP contribution in [-0.2, 0) is 14.3 Å². The van der Waals surface area contributed by atoms with Gasteiger partial charge in [-0.25, -0.2) is 0 Å². The van der Waals surface area contributed by atoms with Crippen LogP contribution in [0.5, 0.6) is 0 Å². The topological polar surface area (TPSA) is 102 Å². The first-order valence-electron chi connectivity index (χ1n) is 7.95. The number of non-ortho nitro benzene ring substituents is 1. The van der Waals surface area contributed by atoms with Crippen LogP contribution >= 0.6 is 11.8 Å². The second-order valence-corrected chi connectivity index (χ2v) is 6.74. The van der Waals surface area contributed by atoms with Crippen molar-refractivity contribution in [3.05, 3.63) is 58.6 Å². The third-order valence-electron chi connectivity index (χ3n) is 3.44.